The first-order valence-corrected chi connectivity index (χ1v) is 5.59. The Balaban J connectivity index is 1.85. The number of ether oxygens (including phenoxy) is 1. The molecule has 14 heavy (non-hydrogen) atoms. The van der Waals surface area contributed by atoms with Crippen LogP contribution in [0.15, 0.2) is 0 Å². The summed E-state index contributed by atoms with van der Waals surface area (Å²) < 4.78 is 5.23. The summed E-state index contributed by atoms with van der Waals surface area (Å²) in [6.45, 7) is 2.97. The van der Waals surface area contributed by atoms with E-state index in [1.165, 1.54) is 19.3 Å². The fourth-order valence-electron chi connectivity index (χ4n) is 2.18. The molecule has 1 radical (unpaired) electrons. The van der Waals surface area contributed by atoms with Crippen molar-refractivity contribution in [1.29, 1.82) is 0 Å². The molecule has 0 bridgehead atoms. The second-order valence-corrected chi connectivity index (χ2v) is 4.07. The van der Waals surface area contributed by atoms with Crippen LogP contribution >= 0.6 is 0 Å². The molecule has 0 spiro atoms. The summed E-state index contributed by atoms with van der Waals surface area (Å²) in [5.41, 5.74) is 0. The summed E-state index contributed by atoms with van der Waals surface area (Å²) in [6.07, 6.45) is 5.74. The number of rotatable bonds is 1. The lowest BCUT2D eigenvalue weighted by Crippen LogP contribution is -2.43. The Morgan fingerprint density at radius 2 is 1.71 bits per heavy atom. The number of nitrogens with zero attached hydrogens (tertiary/aromatic N) is 1. The third kappa shape index (κ3) is 2.27. The van der Waals surface area contributed by atoms with Gasteiger partial charge in [0.05, 0.1) is 19.1 Å². The van der Waals surface area contributed by atoms with Gasteiger partial charge in [-0.3, -0.25) is 4.79 Å². The van der Waals surface area contributed by atoms with Gasteiger partial charge in [-0.25, -0.2) is 0 Å². The predicted molar refractivity (Wildman–Crippen MR) is 53.7 cm³/mol. The van der Waals surface area contributed by atoms with E-state index in [0.717, 1.165) is 31.8 Å². The minimum atomic E-state index is 0.299. The average molecular weight is 196 g/mol. The molecule has 1 saturated carbocycles. The molecule has 3 nitrogen and oxygen atoms in total. The van der Waals surface area contributed by atoms with Crippen molar-refractivity contribution in [2.45, 2.75) is 32.1 Å². The van der Waals surface area contributed by atoms with Crippen molar-refractivity contribution < 1.29 is 9.53 Å². The van der Waals surface area contributed by atoms with Crippen LogP contribution in [0.3, 0.4) is 0 Å². The Bertz CT molecular complexity index is 173. The van der Waals surface area contributed by atoms with Crippen LogP contribution in [0.4, 0.5) is 0 Å². The Morgan fingerprint density at radius 3 is 2.36 bits per heavy atom. The summed E-state index contributed by atoms with van der Waals surface area (Å²) >= 11 is 0. The third-order valence-electron chi connectivity index (χ3n) is 3.06. The Hall–Kier alpha value is -0.570. The summed E-state index contributed by atoms with van der Waals surface area (Å²) in [7, 11) is 0. The van der Waals surface area contributed by atoms with Gasteiger partial charge in [0.15, 0.2) is 0 Å². The minimum Gasteiger partial charge on any atom is -0.378 e. The van der Waals surface area contributed by atoms with Gasteiger partial charge in [0.2, 0.25) is 5.91 Å². The van der Waals surface area contributed by atoms with Gasteiger partial charge in [-0.05, 0) is 12.8 Å². The molecule has 0 unspecified atom stereocenters. The van der Waals surface area contributed by atoms with Gasteiger partial charge >= 0.3 is 0 Å². The van der Waals surface area contributed by atoms with Gasteiger partial charge in [0.25, 0.3) is 0 Å². The van der Waals surface area contributed by atoms with Crippen LogP contribution in [0.1, 0.15) is 32.1 Å². The summed E-state index contributed by atoms with van der Waals surface area (Å²) in [4.78, 5) is 13.9. The molecule has 1 amide bonds. The quantitative estimate of drug-likeness (QED) is 0.634. The highest BCUT2D eigenvalue weighted by molar-refractivity contribution is 5.90. The fraction of sp³-hybridized carbons (Fsp3) is 0.818. The van der Waals surface area contributed by atoms with Gasteiger partial charge in [-0.2, -0.15) is 0 Å². The van der Waals surface area contributed by atoms with E-state index in [4.69, 9.17) is 4.74 Å². The van der Waals surface area contributed by atoms with Crippen LogP contribution in [-0.4, -0.2) is 37.1 Å². The molecule has 0 aromatic heterocycles. The number of hydrogen-bond donors (Lipinski definition) is 0. The molecule has 0 aromatic carbocycles. The molecule has 2 rings (SSSR count). The number of morpholine rings is 1. The molecule has 0 aromatic rings. The zero-order valence-corrected chi connectivity index (χ0v) is 8.63. The first kappa shape index (κ1) is 9.97. The highest BCUT2D eigenvalue weighted by atomic mass is 16.5. The maximum atomic E-state index is 12.0. The van der Waals surface area contributed by atoms with E-state index in [1.54, 1.807) is 0 Å². The van der Waals surface area contributed by atoms with Gasteiger partial charge in [-0.15, -0.1) is 0 Å². The number of carbonyl (C=O) groups excluding carboxylic acids is 1. The van der Waals surface area contributed by atoms with Crippen LogP contribution < -0.4 is 0 Å². The smallest absolute Gasteiger partial charge is 0.230 e. The fourth-order valence-corrected chi connectivity index (χ4v) is 2.18. The van der Waals surface area contributed by atoms with Crippen LogP contribution in [0, 0.1) is 5.92 Å². The topological polar surface area (TPSA) is 29.5 Å². The van der Waals surface area contributed by atoms with E-state index in [2.05, 4.69) is 0 Å². The van der Waals surface area contributed by atoms with E-state index in [-0.39, 0.29) is 0 Å². The summed E-state index contributed by atoms with van der Waals surface area (Å²) in [5.74, 6) is 1.45. The van der Waals surface area contributed by atoms with Crippen LogP contribution in [0.5, 0.6) is 0 Å². The van der Waals surface area contributed by atoms with Gasteiger partial charge in [-0.1, -0.05) is 19.3 Å². The average Bonchev–Trinajstić information content (AvgIpc) is 2.30. The second kappa shape index (κ2) is 4.78. The number of hydrogen-bond acceptors (Lipinski definition) is 2. The van der Waals surface area contributed by atoms with E-state index in [0.29, 0.717) is 19.1 Å². The Morgan fingerprint density at radius 1 is 1.07 bits per heavy atom. The first-order chi connectivity index (χ1) is 6.88. The lowest BCUT2D eigenvalue weighted by atomic mass is 9.88. The molecule has 0 atom stereocenters. The lowest BCUT2D eigenvalue weighted by molar-refractivity contribution is -0.133. The van der Waals surface area contributed by atoms with E-state index >= 15 is 0 Å². The highest BCUT2D eigenvalue weighted by Crippen LogP contribution is 2.27. The molecule has 1 saturated heterocycles. The van der Waals surface area contributed by atoms with Gasteiger partial charge < -0.3 is 9.64 Å². The van der Waals surface area contributed by atoms with Crippen molar-refractivity contribution in [2.24, 2.45) is 0 Å². The predicted octanol–water partition coefficient (Wildman–Crippen LogP) is 1.38. The van der Waals surface area contributed by atoms with Crippen molar-refractivity contribution in [3.8, 4) is 0 Å². The minimum absolute atomic E-state index is 0.299. The first-order valence-electron chi connectivity index (χ1n) is 5.59. The molecule has 3 heteroatoms. The highest BCUT2D eigenvalue weighted by Gasteiger charge is 2.27. The van der Waals surface area contributed by atoms with Crippen molar-refractivity contribution in [3.05, 3.63) is 5.92 Å². The van der Waals surface area contributed by atoms with Crippen LogP contribution in [0.25, 0.3) is 0 Å². The summed E-state index contributed by atoms with van der Waals surface area (Å²) in [5, 5.41) is 0. The SMILES string of the molecule is O=C([C]1CCCCC1)N1CCOCC1. The maximum Gasteiger partial charge on any atom is 0.230 e. The maximum absolute atomic E-state index is 12.0. The van der Waals surface area contributed by atoms with E-state index in [9.17, 15) is 4.79 Å². The van der Waals surface area contributed by atoms with Crippen molar-refractivity contribution in [2.75, 3.05) is 26.3 Å². The molecular formula is C11H18NO2. The van der Waals surface area contributed by atoms with E-state index in [1.807, 2.05) is 4.90 Å². The number of carbonyl (C=O) groups is 1. The van der Waals surface area contributed by atoms with Gasteiger partial charge in [0, 0.05) is 13.1 Å². The summed E-state index contributed by atoms with van der Waals surface area (Å²) in [6, 6.07) is 0. The van der Waals surface area contributed by atoms with Crippen LogP contribution in [-0.2, 0) is 9.53 Å². The largest absolute Gasteiger partial charge is 0.378 e. The molecule has 2 aliphatic rings. The second-order valence-electron chi connectivity index (χ2n) is 4.07. The molecule has 1 aliphatic carbocycles. The molecule has 79 valence electrons. The molecular weight excluding hydrogens is 178 g/mol. The standard InChI is InChI=1S/C11H18NO2/c13-11(10-4-2-1-3-5-10)12-6-8-14-9-7-12/h1-9H2. The van der Waals surface area contributed by atoms with Crippen molar-refractivity contribution >= 4 is 5.91 Å². The van der Waals surface area contributed by atoms with Crippen molar-refractivity contribution in [3.63, 3.8) is 0 Å². The van der Waals surface area contributed by atoms with Crippen molar-refractivity contribution in [1.82, 2.24) is 4.90 Å². The zero-order valence-electron chi connectivity index (χ0n) is 8.63. The monoisotopic (exact) mass is 196 g/mol. The lowest BCUT2D eigenvalue weighted by Gasteiger charge is -2.31. The Kier molecular flexibility index (Phi) is 3.40. The Labute approximate surface area is 85.4 Å². The molecule has 0 N–H and O–H groups in total. The third-order valence-corrected chi connectivity index (χ3v) is 3.06. The normalized spacial score (nSPS) is 25.0. The van der Waals surface area contributed by atoms with Crippen LogP contribution in [0.2, 0.25) is 0 Å². The zero-order chi connectivity index (χ0) is 9.80. The number of amides is 1. The van der Waals surface area contributed by atoms with E-state index < -0.39 is 0 Å². The molecule has 1 aliphatic heterocycles. The molecule has 2 fully saturated rings. The molecule has 1 heterocycles. The van der Waals surface area contributed by atoms with Gasteiger partial charge in [0.1, 0.15) is 0 Å².